The van der Waals surface area contributed by atoms with Crippen LogP contribution in [-0.2, 0) is 7.05 Å². The molecule has 1 aromatic heterocycles. The highest BCUT2D eigenvalue weighted by molar-refractivity contribution is 5.80. The van der Waals surface area contributed by atoms with Gasteiger partial charge < -0.3 is 4.74 Å². The van der Waals surface area contributed by atoms with E-state index in [-0.39, 0.29) is 5.82 Å². The van der Waals surface area contributed by atoms with Gasteiger partial charge in [0.05, 0.1) is 11.3 Å². The topological polar surface area (TPSA) is 44.1 Å². The van der Waals surface area contributed by atoms with Crippen LogP contribution in [0.25, 0.3) is 0 Å². The fraction of sp³-hybridized carbons (Fsp3) is 0.231. The van der Waals surface area contributed by atoms with Crippen molar-refractivity contribution in [3.05, 3.63) is 40.8 Å². The molecule has 2 rings (SSSR count). The number of aromatic nitrogens is 2. The van der Waals surface area contributed by atoms with Gasteiger partial charge in [-0.05, 0) is 37.6 Å². The van der Waals surface area contributed by atoms with Gasteiger partial charge in [-0.1, -0.05) is 0 Å². The van der Waals surface area contributed by atoms with Gasteiger partial charge in [0, 0.05) is 7.05 Å². The van der Waals surface area contributed by atoms with E-state index in [9.17, 15) is 9.18 Å². The van der Waals surface area contributed by atoms with Gasteiger partial charge in [-0.15, -0.1) is 0 Å². The van der Waals surface area contributed by atoms with E-state index in [0.717, 1.165) is 0 Å². The number of carbonyl (C=O) groups is 1. The molecule has 0 amide bonds. The average Bonchev–Trinajstić information content (AvgIpc) is 2.57. The zero-order valence-corrected chi connectivity index (χ0v) is 10.4. The fourth-order valence-corrected chi connectivity index (χ4v) is 1.74. The van der Waals surface area contributed by atoms with Crippen molar-refractivity contribution in [1.29, 1.82) is 0 Å². The predicted molar refractivity (Wildman–Crippen MR) is 64.5 cm³/mol. The molecule has 0 N–H and O–H groups in total. The molecule has 0 unspecified atom stereocenters. The Labute approximate surface area is 104 Å². The Morgan fingerprint density at radius 2 is 2.11 bits per heavy atom. The van der Waals surface area contributed by atoms with E-state index in [1.165, 1.54) is 22.9 Å². The van der Waals surface area contributed by atoms with E-state index in [2.05, 4.69) is 5.10 Å². The summed E-state index contributed by atoms with van der Waals surface area (Å²) in [7, 11) is 1.69. The van der Waals surface area contributed by atoms with E-state index < -0.39 is 0 Å². The number of aldehydes is 1. The van der Waals surface area contributed by atoms with Gasteiger partial charge in [0.25, 0.3) is 0 Å². The number of halogens is 1. The maximum absolute atomic E-state index is 13.0. The Hall–Kier alpha value is -2.17. The molecule has 18 heavy (non-hydrogen) atoms. The van der Waals surface area contributed by atoms with Crippen molar-refractivity contribution in [2.75, 3.05) is 0 Å². The average molecular weight is 248 g/mol. The molecule has 0 radical (unpaired) electrons. The first-order chi connectivity index (χ1) is 8.52. The van der Waals surface area contributed by atoms with Gasteiger partial charge in [0.2, 0.25) is 5.88 Å². The Bertz CT molecular complexity index is 605. The number of benzene rings is 1. The van der Waals surface area contributed by atoms with Crippen molar-refractivity contribution in [3.8, 4) is 11.6 Å². The van der Waals surface area contributed by atoms with Gasteiger partial charge >= 0.3 is 0 Å². The molecule has 0 aliphatic carbocycles. The van der Waals surface area contributed by atoms with Crippen LogP contribution in [0.4, 0.5) is 4.39 Å². The van der Waals surface area contributed by atoms with E-state index >= 15 is 0 Å². The predicted octanol–water partition coefficient (Wildman–Crippen LogP) is 2.78. The van der Waals surface area contributed by atoms with E-state index in [1.54, 1.807) is 20.9 Å². The Morgan fingerprint density at radius 1 is 1.39 bits per heavy atom. The van der Waals surface area contributed by atoms with Crippen LogP contribution in [0, 0.1) is 19.7 Å². The van der Waals surface area contributed by atoms with Crippen molar-refractivity contribution in [3.63, 3.8) is 0 Å². The highest BCUT2D eigenvalue weighted by Gasteiger charge is 2.15. The van der Waals surface area contributed by atoms with Crippen molar-refractivity contribution >= 4 is 6.29 Å². The van der Waals surface area contributed by atoms with Crippen LogP contribution >= 0.6 is 0 Å². The number of nitrogens with zero attached hydrogens (tertiary/aromatic N) is 2. The standard InChI is InChI=1S/C13H13FN2O2/c1-8-6-10(14)4-5-12(8)18-13-11(7-17)9(2)15-16(13)3/h4-7H,1-3H3. The smallest absolute Gasteiger partial charge is 0.228 e. The Kier molecular flexibility index (Phi) is 3.14. The number of aryl methyl sites for hydroxylation is 3. The van der Waals surface area contributed by atoms with Crippen molar-refractivity contribution in [1.82, 2.24) is 9.78 Å². The van der Waals surface area contributed by atoms with Crippen LogP contribution in [0.3, 0.4) is 0 Å². The number of carbonyl (C=O) groups excluding carboxylic acids is 1. The molecule has 5 heteroatoms. The Balaban J connectivity index is 2.42. The lowest BCUT2D eigenvalue weighted by Crippen LogP contribution is -1.98. The van der Waals surface area contributed by atoms with Crippen molar-refractivity contribution in [2.24, 2.45) is 7.05 Å². The van der Waals surface area contributed by atoms with E-state index in [0.29, 0.717) is 34.7 Å². The van der Waals surface area contributed by atoms with Crippen molar-refractivity contribution in [2.45, 2.75) is 13.8 Å². The molecular formula is C13H13FN2O2. The zero-order valence-electron chi connectivity index (χ0n) is 10.4. The molecule has 0 bridgehead atoms. The SMILES string of the molecule is Cc1cc(F)ccc1Oc1c(C=O)c(C)nn1C. The summed E-state index contributed by atoms with van der Waals surface area (Å²) < 4.78 is 20.1. The van der Waals surface area contributed by atoms with Crippen LogP contribution in [0.5, 0.6) is 11.6 Å². The molecule has 0 fully saturated rings. The maximum atomic E-state index is 13.0. The summed E-state index contributed by atoms with van der Waals surface area (Å²) in [5.41, 5.74) is 1.66. The van der Waals surface area contributed by atoms with Gasteiger partial charge in [0.1, 0.15) is 11.6 Å². The lowest BCUT2D eigenvalue weighted by Gasteiger charge is -2.09. The summed E-state index contributed by atoms with van der Waals surface area (Å²) >= 11 is 0. The second-order valence-electron chi connectivity index (χ2n) is 4.06. The van der Waals surface area contributed by atoms with Crippen LogP contribution in [0.2, 0.25) is 0 Å². The van der Waals surface area contributed by atoms with Gasteiger partial charge in [-0.25, -0.2) is 9.07 Å². The number of ether oxygens (including phenoxy) is 1. The summed E-state index contributed by atoms with van der Waals surface area (Å²) in [4.78, 5) is 11.0. The summed E-state index contributed by atoms with van der Waals surface area (Å²) in [6.45, 7) is 3.47. The lowest BCUT2D eigenvalue weighted by atomic mass is 10.2. The molecule has 1 heterocycles. The molecule has 0 saturated heterocycles. The molecule has 0 atom stereocenters. The van der Waals surface area contributed by atoms with E-state index in [1.807, 2.05) is 0 Å². The number of rotatable bonds is 3. The highest BCUT2D eigenvalue weighted by atomic mass is 19.1. The largest absolute Gasteiger partial charge is 0.438 e. The van der Waals surface area contributed by atoms with Crippen LogP contribution in [0.1, 0.15) is 21.6 Å². The minimum absolute atomic E-state index is 0.323. The summed E-state index contributed by atoms with van der Waals surface area (Å²) in [6.07, 6.45) is 0.705. The number of hydrogen-bond acceptors (Lipinski definition) is 3. The third-order valence-electron chi connectivity index (χ3n) is 2.68. The molecule has 0 aliphatic heterocycles. The first kappa shape index (κ1) is 12.3. The maximum Gasteiger partial charge on any atom is 0.228 e. The molecular weight excluding hydrogens is 235 g/mol. The molecule has 2 aromatic rings. The third-order valence-corrected chi connectivity index (χ3v) is 2.68. The first-order valence-corrected chi connectivity index (χ1v) is 5.45. The second-order valence-corrected chi connectivity index (χ2v) is 4.06. The summed E-state index contributed by atoms with van der Waals surface area (Å²) in [5.74, 6) is 0.538. The molecule has 0 aliphatic rings. The monoisotopic (exact) mass is 248 g/mol. The molecule has 0 saturated carbocycles. The fourth-order valence-electron chi connectivity index (χ4n) is 1.74. The quantitative estimate of drug-likeness (QED) is 0.784. The van der Waals surface area contributed by atoms with Gasteiger partial charge in [-0.2, -0.15) is 5.10 Å². The molecule has 1 aromatic carbocycles. The van der Waals surface area contributed by atoms with Gasteiger partial charge in [-0.3, -0.25) is 4.79 Å². The number of hydrogen-bond donors (Lipinski definition) is 0. The Morgan fingerprint density at radius 3 is 2.72 bits per heavy atom. The first-order valence-electron chi connectivity index (χ1n) is 5.45. The summed E-state index contributed by atoms with van der Waals surface area (Å²) in [6, 6.07) is 4.22. The minimum atomic E-state index is -0.323. The molecule has 4 nitrogen and oxygen atoms in total. The van der Waals surface area contributed by atoms with Crippen LogP contribution < -0.4 is 4.74 Å². The third kappa shape index (κ3) is 2.11. The second kappa shape index (κ2) is 4.60. The summed E-state index contributed by atoms with van der Waals surface area (Å²) in [5, 5.41) is 4.11. The van der Waals surface area contributed by atoms with Gasteiger partial charge in [0.15, 0.2) is 6.29 Å². The van der Waals surface area contributed by atoms with Crippen LogP contribution in [-0.4, -0.2) is 16.1 Å². The normalized spacial score (nSPS) is 10.4. The lowest BCUT2D eigenvalue weighted by molar-refractivity contribution is 0.112. The molecule has 0 spiro atoms. The highest BCUT2D eigenvalue weighted by Crippen LogP contribution is 2.28. The minimum Gasteiger partial charge on any atom is -0.438 e. The van der Waals surface area contributed by atoms with Crippen molar-refractivity contribution < 1.29 is 13.9 Å². The van der Waals surface area contributed by atoms with E-state index in [4.69, 9.17) is 4.74 Å². The van der Waals surface area contributed by atoms with Crippen LogP contribution in [0.15, 0.2) is 18.2 Å². The zero-order chi connectivity index (χ0) is 13.3. The molecule has 94 valence electrons.